The van der Waals surface area contributed by atoms with Crippen molar-refractivity contribution in [3.63, 3.8) is 0 Å². The molecule has 0 bridgehead atoms. The van der Waals surface area contributed by atoms with Gasteiger partial charge in [-0.25, -0.2) is 4.79 Å². The Morgan fingerprint density at radius 3 is 1.94 bits per heavy atom. The summed E-state index contributed by atoms with van der Waals surface area (Å²) in [5, 5.41) is 34.4. The number of aromatic hydroxyl groups is 1. The monoisotopic (exact) mass is 510 g/mol. The van der Waals surface area contributed by atoms with Gasteiger partial charge in [-0.05, 0) is 49.9 Å². The highest BCUT2D eigenvalue weighted by Crippen LogP contribution is 2.11. The molecule has 0 aliphatic rings. The fraction of sp³-hybridized carbons (Fsp3) is 0.500. The van der Waals surface area contributed by atoms with Gasteiger partial charge in [0.05, 0.1) is 19.1 Å². The highest BCUT2D eigenvalue weighted by Gasteiger charge is 2.30. The number of benzene rings is 1. The zero-order valence-electron chi connectivity index (χ0n) is 19.7. The molecule has 0 spiro atoms. The van der Waals surface area contributed by atoms with Crippen molar-refractivity contribution in [2.45, 2.75) is 56.3 Å². The highest BCUT2D eigenvalue weighted by atomic mass is 16.4. The van der Waals surface area contributed by atoms with E-state index in [2.05, 4.69) is 16.0 Å². The van der Waals surface area contributed by atoms with E-state index in [4.69, 9.17) is 27.4 Å². The van der Waals surface area contributed by atoms with Crippen LogP contribution in [0.3, 0.4) is 0 Å². The Kier molecular flexibility index (Phi) is 12.9. The summed E-state index contributed by atoms with van der Waals surface area (Å²) in [6.45, 7) is -0.556. The van der Waals surface area contributed by atoms with E-state index < -0.39 is 66.8 Å². The van der Waals surface area contributed by atoms with E-state index in [-0.39, 0.29) is 18.6 Å². The van der Waals surface area contributed by atoms with Crippen LogP contribution in [0.5, 0.6) is 5.75 Å². The molecule has 1 rings (SSSR count). The topological polar surface area (TPSA) is 260 Å². The van der Waals surface area contributed by atoms with Crippen molar-refractivity contribution in [2.75, 3.05) is 13.2 Å². The molecule has 0 aliphatic carbocycles. The Morgan fingerprint density at radius 1 is 0.861 bits per heavy atom. The quantitative estimate of drug-likeness (QED) is 0.101. The maximum Gasteiger partial charge on any atom is 0.328 e. The van der Waals surface area contributed by atoms with Gasteiger partial charge in [0.1, 0.15) is 23.9 Å². The number of carboxylic acids is 1. The number of carbonyl (C=O) groups excluding carboxylic acids is 4. The first-order chi connectivity index (χ1) is 17.0. The molecule has 4 atom stereocenters. The van der Waals surface area contributed by atoms with Crippen molar-refractivity contribution in [3.8, 4) is 5.75 Å². The summed E-state index contributed by atoms with van der Waals surface area (Å²) >= 11 is 0. The second kappa shape index (κ2) is 15.3. The molecule has 4 unspecified atom stereocenters. The predicted molar refractivity (Wildman–Crippen MR) is 127 cm³/mol. The van der Waals surface area contributed by atoms with Crippen LogP contribution >= 0.6 is 0 Å². The van der Waals surface area contributed by atoms with Gasteiger partial charge in [0.15, 0.2) is 0 Å². The van der Waals surface area contributed by atoms with Crippen LogP contribution in [0.15, 0.2) is 24.3 Å². The van der Waals surface area contributed by atoms with Crippen LogP contribution in [0.2, 0.25) is 0 Å². The second-order valence-corrected chi connectivity index (χ2v) is 8.14. The molecule has 0 radical (unpaired) electrons. The Bertz CT molecular complexity index is 910. The fourth-order valence-corrected chi connectivity index (χ4v) is 3.16. The number of primary amides is 1. The number of aliphatic hydroxyl groups is 1. The SMILES string of the molecule is NCCCCC(NC(=O)C(CC(N)=O)NC(=O)C(N)Cc1ccc(O)cc1)C(=O)NC(CO)C(=O)O. The number of aliphatic hydroxyl groups excluding tert-OH is 1. The number of aliphatic carboxylic acids is 1. The minimum atomic E-state index is -1.59. The summed E-state index contributed by atoms with van der Waals surface area (Å²) in [5.74, 6) is -4.90. The first-order valence-electron chi connectivity index (χ1n) is 11.2. The van der Waals surface area contributed by atoms with Crippen LogP contribution in [0.25, 0.3) is 0 Å². The lowest BCUT2D eigenvalue weighted by molar-refractivity contribution is -0.143. The zero-order valence-corrected chi connectivity index (χ0v) is 19.7. The number of carboxylic acid groups (broad SMARTS) is 1. The van der Waals surface area contributed by atoms with E-state index >= 15 is 0 Å². The molecule has 200 valence electrons. The van der Waals surface area contributed by atoms with E-state index in [9.17, 15) is 29.1 Å². The smallest absolute Gasteiger partial charge is 0.328 e. The lowest BCUT2D eigenvalue weighted by Crippen LogP contribution is -2.58. The molecule has 36 heavy (non-hydrogen) atoms. The molecule has 14 heteroatoms. The highest BCUT2D eigenvalue weighted by molar-refractivity contribution is 5.96. The van der Waals surface area contributed by atoms with Gasteiger partial charge in [-0.2, -0.15) is 0 Å². The number of phenolic OH excluding ortho intramolecular Hbond substituents is 1. The van der Waals surface area contributed by atoms with Gasteiger partial charge in [0, 0.05) is 0 Å². The largest absolute Gasteiger partial charge is 0.508 e. The summed E-state index contributed by atoms with van der Waals surface area (Å²) in [5.41, 5.74) is 17.2. The third kappa shape index (κ3) is 10.7. The minimum Gasteiger partial charge on any atom is -0.508 e. The summed E-state index contributed by atoms with van der Waals surface area (Å²) in [4.78, 5) is 60.8. The molecule has 1 aromatic carbocycles. The number of nitrogens with two attached hydrogens (primary N) is 3. The van der Waals surface area contributed by atoms with E-state index in [0.29, 0.717) is 24.9 Å². The van der Waals surface area contributed by atoms with Gasteiger partial charge in [-0.15, -0.1) is 0 Å². The lowest BCUT2D eigenvalue weighted by atomic mass is 10.0. The molecule has 0 heterocycles. The number of unbranched alkanes of at least 4 members (excludes halogenated alkanes) is 1. The predicted octanol–water partition coefficient (Wildman–Crippen LogP) is -3.20. The molecule has 12 N–H and O–H groups in total. The average Bonchev–Trinajstić information content (AvgIpc) is 2.82. The minimum absolute atomic E-state index is 0.0358. The fourth-order valence-electron chi connectivity index (χ4n) is 3.16. The van der Waals surface area contributed by atoms with Gasteiger partial charge in [-0.1, -0.05) is 12.1 Å². The number of phenols is 1. The van der Waals surface area contributed by atoms with Crippen LogP contribution < -0.4 is 33.2 Å². The van der Waals surface area contributed by atoms with Gasteiger partial charge < -0.3 is 48.5 Å². The molecule has 0 fully saturated rings. The molecular formula is C22H34N6O8. The van der Waals surface area contributed by atoms with Crippen LogP contribution in [-0.4, -0.2) is 82.2 Å². The van der Waals surface area contributed by atoms with Crippen molar-refractivity contribution in [1.82, 2.24) is 16.0 Å². The maximum absolute atomic E-state index is 12.9. The molecule has 14 nitrogen and oxygen atoms in total. The van der Waals surface area contributed by atoms with Gasteiger partial charge in [0.2, 0.25) is 23.6 Å². The Hall–Kier alpha value is -3.75. The number of rotatable bonds is 16. The van der Waals surface area contributed by atoms with Crippen molar-refractivity contribution in [1.29, 1.82) is 0 Å². The van der Waals surface area contributed by atoms with Crippen molar-refractivity contribution in [3.05, 3.63) is 29.8 Å². The summed E-state index contributed by atoms with van der Waals surface area (Å²) in [6, 6.07) is 0.576. The molecule has 0 saturated heterocycles. The molecule has 4 amide bonds. The summed E-state index contributed by atoms with van der Waals surface area (Å²) in [6.07, 6.45) is 0.462. The second-order valence-electron chi connectivity index (χ2n) is 8.14. The summed E-state index contributed by atoms with van der Waals surface area (Å²) in [7, 11) is 0. The Labute approximate surface area is 207 Å². The van der Waals surface area contributed by atoms with Crippen molar-refractivity contribution >= 4 is 29.6 Å². The van der Waals surface area contributed by atoms with Gasteiger partial charge >= 0.3 is 5.97 Å². The van der Waals surface area contributed by atoms with Crippen LogP contribution in [0, 0.1) is 0 Å². The first-order valence-corrected chi connectivity index (χ1v) is 11.2. The Balaban J connectivity index is 2.94. The van der Waals surface area contributed by atoms with Crippen LogP contribution in [-0.2, 0) is 30.4 Å². The lowest BCUT2D eigenvalue weighted by Gasteiger charge is -2.24. The van der Waals surface area contributed by atoms with Crippen molar-refractivity contribution in [2.24, 2.45) is 17.2 Å². The Morgan fingerprint density at radius 2 is 1.42 bits per heavy atom. The number of carbonyl (C=O) groups is 5. The summed E-state index contributed by atoms with van der Waals surface area (Å²) < 4.78 is 0. The van der Waals surface area contributed by atoms with E-state index in [1.54, 1.807) is 12.1 Å². The van der Waals surface area contributed by atoms with E-state index in [1.807, 2.05) is 0 Å². The number of hydrogen-bond donors (Lipinski definition) is 9. The number of amides is 4. The average molecular weight is 511 g/mol. The standard InChI is InChI=1S/C22H34N6O8/c23-8-2-1-3-15(20(33)28-17(11-29)22(35)36)26-21(34)16(10-18(25)31)27-19(32)14(24)9-12-4-6-13(30)7-5-12/h4-7,14-17,29-30H,1-3,8-11,23-24H2,(H2,25,31)(H,26,34)(H,27,32)(H,28,33)(H,35,36). The van der Waals surface area contributed by atoms with Crippen molar-refractivity contribution < 1.29 is 39.3 Å². The molecule has 0 saturated carbocycles. The normalized spacial score (nSPS) is 14.1. The zero-order chi connectivity index (χ0) is 27.3. The third-order valence-corrected chi connectivity index (χ3v) is 5.14. The molecule has 1 aromatic rings. The first kappa shape index (κ1) is 30.3. The molecular weight excluding hydrogens is 476 g/mol. The third-order valence-electron chi connectivity index (χ3n) is 5.14. The molecule has 0 aliphatic heterocycles. The van der Waals surface area contributed by atoms with Gasteiger partial charge in [-0.3, -0.25) is 19.2 Å². The molecule has 0 aromatic heterocycles. The van der Waals surface area contributed by atoms with E-state index in [1.165, 1.54) is 12.1 Å². The number of nitrogens with one attached hydrogen (secondary N) is 3. The van der Waals surface area contributed by atoms with E-state index in [0.717, 1.165) is 0 Å². The van der Waals surface area contributed by atoms with Crippen LogP contribution in [0.1, 0.15) is 31.2 Å². The van der Waals surface area contributed by atoms with Gasteiger partial charge in [0.25, 0.3) is 0 Å². The van der Waals surface area contributed by atoms with Crippen LogP contribution in [0.4, 0.5) is 0 Å². The maximum atomic E-state index is 12.9. The number of hydrogen-bond acceptors (Lipinski definition) is 9.